The molecule has 4 heterocycles. The Hall–Kier alpha value is -3.87. The number of aromatic nitrogens is 1. The lowest BCUT2D eigenvalue weighted by molar-refractivity contribution is -0.150. The van der Waals surface area contributed by atoms with Crippen molar-refractivity contribution in [1.29, 1.82) is 0 Å². The number of β-lactam (4-membered cyclic amide) rings is 1. The van der Waals surface area contributed by atoms with Gasteiger partial charge in [-0.25, -0.2) is 22.9 Å². The Bertz CT molecular complexity index is 1790. The summed E-state index contributed by atoms with van der Waals surface area (Å²) >= 11 is 3.81. The first-order chi connectivity index (χ1) is 19.5. The number of carboxylic acid groups (broad SMARTS) is 1. The second-order valence-electron chi connectivity index (χ2n) is 8.27. The summed E-state index contributed by atoms with van der Waals surface area (Å²) in [5.41, 5.74) is 4.27. The van der Waals surface area contributed by atoms with E-state index < -0.39 is 57.8 Å². The Morgan fingerprint density at radius 2 is 2.00 bits per heavy atom. The SMILES string of the molecule is Nc1nc(/C(=N\O)C(=O)NC2C(=O)N3C(C(=O)O)=C(/C=C/Sc4cc(=O)c5cc(F)c(F)c(F)c5s4)CS[C@H]23)cs1. The minimum atomic E-state index is -1.70. The highest BCUT2D eigenvalue weighted by Gasteiger charge is 2.54. The lowest BCUT2D eigenvalue weighted by Crippen LogP contribution is -2.71. The first-order valence-corrected chi connectivity index (χ1v) is 14.7. The number of hydrogen-bond acceptors (Lipinski definition) is 12. The number of oxime groups is 1. The number of nitrogen functional groups attached to an aromatic ring is 1. The zero-order valence-electron chi connectivity index (χ0n) is 20.0. The van der Waals surface area contributed by atoms with E-state index in [-0.39, 0.29) is 42.1 Å². The van der Waals surface area contributed by atoms with Gasteiger partial charge in [0.1, 0.15) is 22.8 Å². The number of carbonyl (C=O) groups is 3. The van der Waals surface area contributed by atoms with Gasteiger partial charge < -0.3 is 21.4 Å². The van der Waals surface area contributed by atoms with Gasteiger partial charge in [0.25, 0.3) is 11.8 Å². The number of allylic oxidation sites excluding steroid dienone is 1. The molecule has 0 aliphatic carbocycles. The number of anilines is 1. The van der Waals surface area contributed by atoms with E-state index in [2.05, 4.69) is 15.5 Å². The number of amides is 2. The average Bonchev–Trinajstić information content (AvgIpc) is 3.36. The van der Waals surface area contributed by atoms with Crippen LogP contribution in [0.3, 0.4) is 0 Å². The molecular weight excluding hydrogens is 628 g/mol. The number of hydrogen-bond donors (Lipinski definition) is 4. The predicted octanol–water partition coefficient (Wildman–Crippen LogP) is 2.94. The molecule has 1 aromatic carbocycles. The molecule has 212 valence electrons. The molecule has 5 N–H and O–H groups in total. The summed E-state index contributed by atoms with van der Waals surface area (Å²) in [6.45, 7) is 0. The molecule has 41 heavy (non-hydrogen) atoms. The van der Waals surface area contributed by atoms with Gasteiger partial charge in [0.15, 0.2) is 33.7 Å². The smallest absolute Gasteiger partial charge is 0.352 e. The van der Waals surface area contributed by atoms with E-state index in [1.807, 2.05) is 0 Å². The largest absolute Gasteiger partial charge is 0.477 e. The van der Waals surface area contributed by atoms with Gasteiger partial charge in [-0.15, -0.1) is 34.4 Å². The van der Waals surface area contributed by atoms with Crippen molar-refractivity contribution >= 4 is 84.9 Å². The Labute approximate surface area is 243 Å². The zero-order chi connectivity index (χ0) is 29.6. The molecule has 2 aliphatic rings. The van der Waals surface area contributed by atoms with Gasteiger partial charge in [0, 0.05) is 22.6 Å². The molecule has 2 aromatic heterocycles. The number of aliphatic carboxylic acids is 1. The summed E-state index contributed by atoms with van der Waals surface area (Å²) in [5, 5.41) is 26.3. The number of nitrogens with zero attached hydrogens (tertiary/aromatic N) is 3. The third kappa shape index (κ3) is 5.18. The maximum absolute atomic E-state index is 14.2. The van der Waals surface area contributed by atoms with Gasteiger partial charge in [0.05, 0.1) is 8.91 Å². The topological polar surface area (TPSA) is 175 Å². The van der Waals surface area contributed by atoms with Gasteiger partial charge in [0.2, 0.25) is 0 Å². The van der Waals surface area contributed by atoms with E-state index >= 15 is 0 Å². The molecule has 3 aromatic rings. The molecule has 2 atom stereocenters. The van der Waals surface area contributed by atoms with E-state index in [0.29, 0.717) is 17.4 Å². The molecule has 0 bridgehead atoms. The fourth-order valence-electron chi connectivity index (χ4n) is 4.01. The van der Waals surface area contributed by atoms with Crippen LogP contribution < -0.4 is 16.5 Å². The van der Waals surface area contributed by atoms with Crippen molar-refractivity contribution in [3.05, 3.63) is 73.6 Å². The quantitative estimate of drug-likeness (QED) is 0.0750. The van der Waals surface area contributed by atoms with Gasteiger partial charge in [-0.2, -0.15) is 0 Å². The number of nitrogens with two attached hydrogens (primary N) is 1. The summed E-state index contributed by atoms with van der Waals surface area (Å²) < 4.78 is 41.3. The van der Waals surface area contributed by atoms with Crippen molar-refractivity contribution in [2.75, 3.05) is 11.5 Å². The van der Waals surface area contributed by atoms with Crippen LogP contribution in [0.2, 0.25) is 0 Å². The van der Waals surface area contributed by atoms with Gasteiger partial charge >= 0.3 is 5.97 Å². The Kier molecular flexibility index (Phi) is 7.82. The van der Waals surface area contributed by atoms with Crippen LogP contribution in [0.4, 0.5) is 18.3 Å². The monoisotopic (exact) mass is 641 g/mol. The fraction of sp³-hybridized carbons (Fsp3) is 0.130. The molecule has 18 heteroatoms. The summed E-state index contributed by atoms with van der Waals surface area (Å²) in [6, 6.07) is 0.639. The number of benzene rings is 1. The summed E-state index contributed by atoms with van der Waals surface area (Å²) in [4.78, 5) is 54.8. The van der Waals surface area contributed by atoms with Crippen LogP contribution in [-0.2, 0) is 14.4 Å². The first kappa shape index (κ1) is 28.7. The number of carboxylic acids is 1. The first-order valence-electron chi connectivity index (χ1n) is 11.1. The minimum absolute atomic E-state index is 0.0000567. The van der Waals surface area contributed by atoms with Crippen LogP contribution in [-0.4, -0.2) is 60.9 Å². The highest BCUT2D eigenvalue weighted by molar-refractivity contribution is 8.04. The molecule has 1 saturated heterocycles. The van der Waals surface area contributed by atoms with Gasteiger partial charge in [-0.05, 0) is 23.1 Å². The van der Waals surface area contributed by atoms with Crippen molar-refractivity contribution in [3.63, 3.8) is 0 Å². The Balaban J connectivity index is 1.34. The maximum Gasteiger partial charge on any atom is 0.352 e. The lowest BCUT2D eigenvalue weighted by atomic mass is 10.0. The van der Waals surface area contributed by atoms with E-state index in [4.69, 9.17) is 5.73 Å². The standard InChI is InChI=1S/C23H14F3N5O6S4/c24-9-3-8-11(32)4-12(41-18(8)14(26)13(9)25)38-2-1-7-5-39-21-16(20(34)31(21)17(7)22(35)36)29-19(33)15(30-37)10-6-40-23(27)28-10/h1-4,6,16,21,37H,5H2,(H2,27,28)(H,29,33)(H,35,36)/b2-1+,30-15+/t16?,21-/m1/s1. The molecule has 11 nitrogen and oxygen atoms in total. The fourth-order valence-corrected chi connectivity index (χ4v) is 7.84. The second kappa shape index (κ2) is 11.2. The summed E-state index contributed by atoms with van der Waals surface area (Å²) in [5.74, 6) is -7.55. The highest BCUT2D eigenvalue weighted by Crippen LogP contribution is 2.41. The molecule has 2 amide bonds. The third-order valence-corrected chi connectivity index (χ3v) is 9.91. The predicted molar refractivity (Wildman–Crippen MR) is 148 cm³/mol. The number of fused-ring (bicyclic) bond motifs is 2. The molecule has 0 spiro atoms. The maximum atomic E-state index is 14.2. The molecule has 2 aliphatic heterocycles. The minimum Gasteiger partial charge on any atom is -0.477 e. The zero-order valence-corrected chi connectivity index (χ0v) is 23.2. The van der Waals surface area contributed by atoms with Crippen molar-refractivity contribution in [3.8, 4) is 0 Å². The van der Waals surface area contributed by atoms with Crippen LogP contribution in [0.15, 0.2) is 54.4 Å². The van der Waals surface area contributed by atoms with Crippen LogP contribution in [0.5, 0.6) is 0 Å². The molecule has 0 saturated carbocycles. The Morgan fingerprint density at radius 3 is 2.66 bits per heavy atom. The Morgan fingerprint density at radius 1 is 1.24 bits per heavy atom. The molecule has 0 radical (unpaired) electrons. The molecular formula is C23H14F3N5O6S4. The number of nitrogens with one attached hydrogen (secondary N) is 1. The van der Waals surface area contributed by atoms with Gasteiger partial charge in [-0.1, -0.05) is 16.9 Å². The summed E-state index contributed by atoms with van der Waals surface area (Å²) in [7, 11) is 0. The number of rotatable bonds is 7. The molecule has 5 rings (SSSR count). The molecule has 1 fully saturated rings. The van der Waals surface area contributed by atoms with Crippen LogP contribution >= 0.6 is 46.2 Å². The third-order valence-electron chi connectivity index (χ3n) is 5.85. The lowest BCUT2D eigenvalue weighted by Gasteiger charge is -2.49. The average molecular weight is 642 g/mol. The van der Waals surface area contributed by atoms with Crippen molar-refractivity contribution in [2.45, 2.75) is 15.6 Å². The van der Waals surface area contributed by atoms with Crippen LogP contribution in [0.25, 0.3) is 10.1 Å². The normalized spacial score (nSPS) is 19.0. The summed E-state index contributed by atoms with van der Waals surface area (Å²) in [6.07, 6.45) is 1.41. The number of thiazole rings is 1. The number of carbonyl (C=O) groups excluding carboxylic acids is 2. The van der Waals surface area contributed by atoms with E-state index in [1.54, 1.807) is 0 Å². The second-order valence-corrected chi connectivity index (χ2v) is 12.5. The number of thioether (sulfide) groups is 2. The molecule has 1 unspecified atom stereocenters. The van der Waals surface area contributed by atoms with Crippen molar-refractivity contribution < 1.29 is 37.9 Å². The van der Waals surface area contributed by atoms with Crippen molar-refractivity contribution in [2.24, 2.45) is 5.16 Å². The van der Waals surface area contributed by atoms with E-state index in [0.717, 1.165) is 34.1 Å². The van der Waals surface area contributed by atoms with Crippen LogP contribution in [0.1, 0.15) is 5.69 Å². The van der Waals surface area contributed by atoms with Gasteiger partial charge in [-0.3, -0.25) is 19.3 Å². The van der Waals surface area contributed by atoms with E-state index in [9.17, 15) is 42.7 Å². The van der Waals surface area contributed by atoms with E-state index in [1.165, 1.54) is 28.6 Å². The number of halogens is 3. The van der Waals surface area contributed by atoms with Crippen LogP contribution in [0, 0.1) is 17.5 Å². The highest BCUT2D eigenvalue weighted by atomic mass is 32.2. The van der Waals surface area contributed by atoms with Crippen molar-refractivity contribution in [1.82, 2.24) is 15.2 Å².